The first-order valence-corrected chi connectivity index (χ1v) is 8.14. The summed E-state index contributed by atoms with van der Waals surface area (Å²) >= 11 is 0. The molecule has 2 saturated heterocycles. The molecule has 0 radical (unpaired) electrons. The lowest BCUT2D eigenvalue weighted by molar-refractivity contribution is -0.135. The van der Waals surface area contributed by atoms with E-state index in [1.165, 1.54) is 0 Å². The van der Waals surface area contributed by atoms with Gasteiger partial charge in [0, 0.05) is 44.4 Å². The van der Waals surface area contributed by atoms with Gasteiger partial charge in [-0.15, -0.1) is 0 Å². The third kappa shape index (κ3) is 3.43. The Morgan fingerprint density at radius 2 is 2.04 bits per heavy atom. The highest BCUT2D eigenvalue weighted by Crippen LogP contribution is 2.22. The lowest BCUT2D eigenvalue weighted by Crippen LogP contribution is -2.50. The van der Waals surface area contributed by atoms with E-state index in [1.807, 2.05) is 24.9 Å². The average Bonchev–Trinajstić information content (AvgIpc) is 3.00. The maximum atomic E-state index is 12.4. The van der Waals surface area contributed by atoms with Crippen molar-refractivity contribution >= 4 is 17.6 Å². The molecule has 1 atom stereocenters. The summed E-state index contributed by atoms with van der Waals surface area (Å²) in [6, 6.07) is 2.03. The van der Waals surface area contributed by atoms with Crippen LogP contribution in [0.3, 0.4) is 0 Å². The number of hydrogen-bond acceptors (Lipinski definition) is 5. The zero-order valence-electron chi connectivity index (χ0n) is 13.7. The van der Waals surface area contributed by atoms with E-state index < -0.39 is 0 Å². The van der Waals surface area contributed by atoms with Gasteiger partial charge in [-0.3, -0.25) is 9.59 Å². The fourth-order valence-electron chi connectivity index (χ4n) is 3.31. The molecule has 1 aromatic rings. The SMILES string of the molecule is Cc1cc(N(C)C2CCN(C(=O)C3CCC(=O)N3)CC2)ncn1. The van der Waals surface area contributed by atoms with Crippen LogP contribution in [0, 0.1) is 6.92 Å². The number of carbonyl (C=O) groups excluding carboxylic acids is 2. The van der Waals surface area contributed by atoms with Gasteiger partial charge in [0.05, 0.1) is 0 Å². The normalized spacial score (nSPS) is 22.1. The van der Waals surface area contributed by atoms with E-state index in [9.17, 15) is 9.59 Å². The van der Waals surface area contributed by atoms with Crippen LogP contribution in [0.15, 0.2) is 12.4 Å². The monoisotopic (exact) mass is 317 g/mol. The predicted octanol–water partition coefficient (Wildman–Crippen LogP) is 0.491. The molecule has 2 fully saturated rings. The second-order valence-electron chi connectivity index (χ2n) is 6.34. The second kappa shape index (κ2) is 6.52. The Labute approximate surface area is 136 Å². The molecule has 2 amide bonds. The van der Waals surface area contributed by atoms with Gasteiger partial charge in [-0.1, -0.05) is 0 Å². The Bertz CT molecular complexity index is 598. The Balaban J connectivity index is 1.56. The number of carbonyl (C=O) groups is 2. The molecule has 2 aliphatic heterocycles. The van der Waals surface area contributed by atoms with Gasteiger partial charge in [-0.25, -0.2) is 9.97 Å². The fourth-order valence-corrected chi connectivity index (χ4v) is 3.31. The summed E-state index contributed by atoms with van der Waals surface area (Å²) in [4.78, 5) is 36.2. The molecule has 0 aliphatic carbocycles. The Hall–Kier alpha value is -2.18. The highest BCUT2D eigenvalue weighted by atomic mass is 16.2. The summed E-state index contributed by atoms with van der Waals surface area (Å²) in [5, 5.41) is 2.76. The van der Waals surface area contributed by atoms with Gasteiger partial charge in [0.1, 0.15) is 18.2 Å². The minimum absolute atomic E-state index is 0.0166. The van der Waals surface area contributed by atoms with E-state index in [1.54, 1.807) is 6.33 Å². The first-order chi connectivity index (χ1) is 11.0. The zero-order valence-corrected chi connectivity index (χ0v) is 13.7. The molecule has 0 spiro atoms. The first-order valence-electron chi connectivity index (χ1n) is 8.14. The van der Waals surface area contributed by atoms with Gasteiger partial charge in [0.25, 0.3) is 0 Å². The minimum atomic E-state index is -0.318. The van der Waals surface area contributed by atoms with Crippen LogP contribution < -0.4 is 10.2 Å². The van der Waals surface area contributed by atoms with Crippen molar-refractivity contribution in [2.45, 2.75) is 44.7 Å². The van der Waals surface area contributed by atoms with Crippen LogP contribution in [0.2, 0.25) is 0 Å². The highest BCUT2D eigenvalue weighted by Gasteiger charge is 2.33. The van der Waals surface area contributed by atoms with Crippen LogP contribution in [0.4, 0.5) is 5.82 Å². The van der Waals surface area contributed by atoms with Gasteiger partial charge >= 0.3 is 0 Å². The Kier molecular flexibility index (Phi) is 4.45. The quantitative estimate of drug-likeness (QED) is 0.878. The number of aromatic nitrogens is 2. The molecule has 0 saturated carbocycles. The summed E-state index contributed by atoms with van der Waals surface area (Å²) in [7, 11) is 2.04. The third-order valence-electron chi connectivity index (χ3n) is 4.77. The third-order valence-corrected chi connectivity index (χ3v) is 4.77. The molecule has 7 heteroatoms. The summed E-state index contributed by atoms with van der Waals surface area (Å²) in [6.07, 6.45) is 4.49. The van der Waals surface area contributed by atoms with Crippen LogP contribution >= 0.6 is 0 Å². The summed E-state index contributed by atoms with van der Waals surface area (Å²) in [6.45, 7) is 3.41. The van der Waals surface area contributed by atoms with Crippen molar-refractivity contribution in [2.75, 3.05) is 25.0 Å². The lowest BCUT2D eigenvalue weighted by atomic mass is 10.0. The number of rotatable bonds is 3. The Morgan fingerprint density at radius 1 is 1.30 bits per heavy atom. The van der Waals surface area contributed by atoms with Gasteiger partial charge in [0.2, 0.25) is 11.8 Å². The van der Waals surface area contributed by atoms with E-state index in [-0.39, 0.29) is 17.9 Å². The molecule has 2 aliphatic rings. The smallest absolute Gasteiger partial charge is 0.245 e. The van der Waals surface area contributed by atoms with Crippen LogP contribution in [0.5, 0.6) is 0 Å². The van der Waals surface area contributed by atoms with E-state index >= 15 is 0 Å². The fraction of sp³-hybridized carbons (Fsp3) is 0.625. The number of amides is 2. The average molecular weight is 317 g/mol. The predicted molar refractivity (Wildman–Crippen MR) is 85.9 cm³/mol. The van der Waals surface area contributed by atoms with Crippen molar-refractivity contribution in [1.29, 1.82) is 0 Å². The van der Waals surface area contributed by atoms with Crippen molar-refractivity contribution in [1.82, 2.24) is 20.2 Å². The minimum Gasteiger partial charge on any atom is -0.356 e. The number of hydrogen-bond donors (Lipinski definition) is 1. The Morgan fingerprint density at radius 3 is 2.65 bits per heavy atom. The molecule has 7 nitrogen and oxygen atoms in total. The molecule has 3 heterocycles. The summed E-state index contributed by atoms with van der Waals surface area (Å²) in [5.41, 5.74) is 0.950. The van der Waals surface area contributed by atoms with Crippen LogP contribution in [0.1, 0.15) is 31.4 Å². The van der Waals surface area contributed by atoms with Crippen LogP contribution in [0.25, 0.3) is 0 Å². The number of aryl methyl sites for hydroxylation is 1. The topological polar surface area (TPSA) is 78.4 Å². The molecule has 1 aromatic heterocycles. The van der Waals surface area contributed by atoms with E-state index in [0.29, 0.717) is 18.9 Å². The molecular weight excluding hydrogens is 294 g/mol. The van der Waals surface area contributed by atoms with Crippen molar-refractivity contribution in [3.8, 4) is 0 Å². The van der Waals surface area contributed by atoms with Gasteiger partial charge in [0.15, 0.2) is 0 Å². The number of piperidine rings is 1. The molecule has 0 bridgehead atoms. The van der Waals surface area contributed by atoms with Gasteiger partial charge in [-0.05, 0) is 26.2 Å². The van der Waals surface area contributed by atoms with E-state index in [4.69, 9.17) is 0 Å². The van der Waals surface area contributed by atoms with Crippen molar-refractivity contribution < 1.29 is 9.59 Å². The standard InChI is InChI=1S/C16H23N5O2/c1-11-9-14(18-10-17-11)20(2)12-5-7-21(8-6-12)16(23)13-3-4-15(22)19-13/h9-10,12-13H,3-8H2,1-2H3,(H,19,22). The number of nitrogens with zero attached hydrogens (tertiary/aromatic N) is 4. The number of likely N-dealkylation sites (tertiary alicyclic amines) is 1. The molecule has 1 unspecified atom stereocenters. The molecule has 23 heavy (non-hydrogen) atoms. The lowest BCUT2D eigenvalue weighted by Gasteiger charge is -2.38. The molecule has 3 rings (SSSR count). The van der Waals surface area contributed by atoms with Crippen molar-refractivity contribution in [3.63, 3.8) is 0 Å². The number of nitrogens with one attached hydrogen (secondary N) is 1. The van der Waals surface area contributed by atoms with E-state index in [2.05, 4.69) is 20.2 Å². The first kappa shape index (κ1) is 15.7. The molecule has 0 aromatic carbocycles. The van der Waals surface area contributed by atoms with Gasteiger partial charge in [-0.2, -0.15) is 0 Å². The van der Waals surface area contributed by atoms with E-state index in [0.717, 1.165) is 37.4 Å². The zero-order chi connectivity index (χ0) is 16.4. The van der Waals surface area contributed by atoms with Crippen LogP contribution in [-0.2, 0) is 9.59 Å². The second-order valence-corrected chi connectivity index (χ2v) is 6.34. The van der Waals surface area contributed by atoms with Crippen molar-refractivity contribution in [3.05, 3.63) is 18.1 Å². The summed E-state index contributed by atoms with van der Waals surface area (Å²) in [5.74, 6) is 0.970. The molecule has 1 N–H and O–H groups in total. The number of anilines is 1. The maximum absolute atomic E-state index is 12.4. The maximum Gasteiger partial charge on any atom is 0.245 e. The van der Waals surface area contributed by atoms with Gasteiger partial charge < -0.3 is 15.1 Å². The van der Waals surface area contributed by atoms with Crippen molar-refractivity contribution in [2.24, 2.45) is 0 Å². The molecule has 124 valence electrons. The largest absolute Gasteiger partial charge is 0.356 e. The summed E-state index contributed by atoms with van der Waals surface area (Å²) < 4.78 is 0. The van der Waals surface area contributed by atoms with Crippen LogP contribution in [-0.4, -0.2) is 58.9 Å². The molecular formula is C16H23N5O2. The highest BCUT2D eigenvalue weighted by molar-refractivity contribution is 5.90.